The van der Waals surface area contributed by atoms with Crippen molar-refractivity contribution in [2.24, 2.45) is 7.05 Å². The molecule has 0 aliphatic carbocycles. The zero-order valence-electron chi connectivity index (χ0n) is 15.7. The molecule has 1 aliphatic rings. The molecule has 2 heterocycles. The second kappa shape index (κ2) is 8.57. The molecule has 6 nitrogen and oxygen atoms in total. The van der Waals surface area contributed by atoms with Crippen molar-refractivity contribution < 1.29 is 9.59 Å². The number of carbonyl (C=O) groups is 2. The third-order valence-electron chi connectivity index (χ3n) is 5.00. The van der Waals surface area contributed by atoms with Crippen LogP contribution in [0.25, 0.3) is 0 Å². The maximum atomic E-state index is 12.7. The topological polar surface area (TPSA) is 67.2 Å². The van der Waals surface area contributed by atoms with E-state index in [1.54, 1.807) is 18.9 Å². The molecule has 144 valence electrons. The van der Waals surface area contributed by atoms with Crippen molar-refractivity contribution in [1.82, 2.24) is 20.0 Å². The minimum atomic E-state index is -0.0838. The standard InChI is InChI=1S/C20H25ClN4O2/c1-14-18(19(21)24(2)23-14)20(27)25-12-10-16(11-13-25)22-17(26)9-8-15-6-4-3-5-7-15/h3-7,16H,8-13H2,1-2H3,(H,22,26). The van der Waals surface area contributed by atoms with Gasteiger partial charge in [0.2, 0.25) is 5.91 Å². The van der Waals surface area contributed by atoms with Gasteiger partial charge in [-0.3, -0.25) is 14.3 Å². The van der Waals surface area contributed by atoms with Crippen LogP contribution in [-0.2, 0) is 18.3 Å². The van der Waals surface area contributed by atoms with Gasteiger partial charge in [0.05, 0.1) is 11.3 Å². The molecule has 1 aromatic heterocycles. The number of likely N-dealkylation sites (tertiary alicyclic amines) is 1. The molecular weight excluding hydrogens is 364 g/mol. The summed E-state index contributed by atoms with van der Waals surface area (Å²) in [4.78, 5) is 26.7. The normalized spacial score (nSPS) is 15.0. The minimum absolute atomic E-state index is 0.0646. The average molecular weight is 389 g/mol. The Kier molecular flexibility index (Phi) is 6.16. The third kappa shape index (κ3) is 4.69. The number of carbonyl (C=O) groups excluding carboxylic acids is 2. The van der Waals surface area contributed by atoms with Gasteiger partial charge in [-0.15, -0.1) is 0 Å². The van der Waals surface area contributed by atoms with Gasteiger partial charge in [-0.25, -0.2) is 0 Å². The highest BCUT2D eigenvalue weighted by molar-refractivity contribution is 6.33. The van der Waals surface area contributed by atoms with Crippen LogP contribution in [0.15, 0.2) is 30.3 Å². The predicted octanol–water partition coefficient (Wildman–Crippen LogP) is 2.74. The Morgan fingerprint density at radius 1 is 1.22 bits per heavy atom. The number of hydrogen-bond donors (Lipinski definition) is 1. The Bertz CT molecular complexity index is 811. The van der Waals surface area contributed by atoms with E-state index in [2.05, 4.69) is 10.4 Å². The predicted molar refractivity (Wildman–Crippen MR) is 105 cm³/mol. The van der Waals surface area contributed by atoms with Crippen molar-refractivity contribution in [2.45, 2.75) is 38.6 Å². The molecule has 0 atom stereocenters. The summed E-state index contributed by atoms with van der Waals surface area (Å²) in [6.45, 7) is 3.00. The van der Waals surface area contributed by atoms with Crippen LogP contribution in [0.4, 0.5) is 0 Å². The molecule has 1 saturated heterocycles. The monoisotopic (exact) mass is 388 g/mol. The number of aromatic nitrogens is 2. The van der Waals surface area contributed by atoms with Crippen LogP contribution in [0.3, 0.4) is 0 Å². The van der Waals surface area contributed by atoms with Crippen molar-refractivity contribution >= 4 is 23.4 Å². The van der Waals surface area contributed by atoms with E-state index in [0.29, 0.717) is 35.9 Å². The number of hydrogen-bond acceptors (Lipinski definition) is 3. The number of rotatable bonds is 5. The highest BCUT2D eigenvalue weighted by Gasteiger charge is 2.28. The molecule has 7 heteroatoms. The number of halogens is 1. The van der Waals surface area contributed by atoms with Crippen LogP contribution in [0, 0.1) is 6.92 Å². The van der Waals surface area contributed by atoms with Crippen LogP contribution in [0.1, 0.15) is 40.9 Å². The van der Waals surface area contributed by atoms with Gasteiger partial charge in [0.25, 0.3) is 5.91 Å². The zero-order valence-corrected chi connectivity index (χ0v) is 16.5. The van der Waals surface area contributed by atoms with E-state index in [-0.39, 0.29) is 17.9 Å². The molecule has 27 heavy (non-hydrogen) atoms. The van der Waals surface area contributed by atoms with E-state index < -0.39 is 0 Å². The van der Waals surface area contributed by atoms with E-state index in [1.807, 2.05) is 30.3 Å². The lowest BCUT2D eigenvalue weighted by Crippen LogP contribution is -2.46. The van der Waals surface area contributed by atoms with Gasteiger partial charge in [-0.05, 0) is 31.7 Å². The van der Waals surface area contributed by atoms with Crippen LogP contribution < -0.4 is 5.32 Å². The summed E-state index contributed by atoms with van der Waals surface area (Å²) < 4.78 is 1.52. The Morgan fingerprint density at radius 2 is 1.89 bits per heavy atom. The molecular formula is C20H25ClN4O2. The van der Waals surface area contributed by atoms with Crippen LogP contribution in [0.5, 0.6) is 0 Å². The Balaban J connectivity index is 1.47. The molecule has 1 aliphatic heterocycles. The van der Waals surface area contributed by atoms with E-state index in [9.17, 15) is 9.59 Å². The summed E-state index contributed by atoms with van der Waals surface area (Å²) in [5.41, 5.74) is 2.28. The quantitative estimate of drug-likeness (QED) is 0.856. The summed E-state index contributed by atoms with van der Waals surface area (Å²) in [7, 11) is 1.73. The van der Waals surface area contributed by atoms with Crippen molar-refractivity contribution in [3.63, 3.8) is 0 Å². The first-order chi connectivity index (χ1) is 13.0. The molecule has 2 aromatic rings. The summed E-state index contributed by atoms with van der Waals surface area (Å²) in [6.07, 6.45) is 2.72. The van der Waals surface area contributed by atoms with E-state index in [0.717, 1.165) is 24.8 Å². The van der Waals surface area contributed by atoms with Gasteiger partial charge in [0.15, 0.2) is 0 Å². The Hall–Kier alpha value is -2.34. The summed E-state index contributed by atoms with van der Waals surface area (Å²) in [5, 5.41) is 7.67. The highest BCUT2D eigenvalue weighted by atomic mass is 35.5. The summed E-state index contributed by atoms with van der Waals surface area (Å²) in [6, 6.07) is 10.1. The summed E-state index contributed by atoms with van der Waals surface area (Å²) in [5.74, 6) is -0.0192. The lowest BCUT2D eigenvalue weighted by atomic mass is 10.0. The number of benzene rings is 1. The number of nitrogens with zero attached hydrogens (tertiary/aromatic N) is 3. The second-order valence-electron chi connectivity index (χ2n) is 6.99. The molecule has 0 saturated carbocycles. The number of piperidine rings is 1. The molecule has 0 unspecified atom stereocenters. The third-order valence-corrected chi connectivity index (χ3v) is 5.43. The fraction of sp³-hybridized carbons (Fsp3) is 0.450. The van der Waals surface area contributed by atoms with Gasteiger partial charge in [0, 0.05) is 32.6 Å². The van der Waals surface area contributed by atoms with Gasteiger partial charge in [-0.2, -0.15) is 5.10 Å². The fourth-order valence-corrected chi connectivity index (χ4v) is 3.72. The van der Waals surface area contributed by atoms with Crippen molar-refractivity contribution in [1.29, 1.82) is 0 Å². The maximum Gasteiger partial charge on any atom is 0.258 e. The number of amides is 2. The molecule has 1 N–H and O–H groups in total. The number of nitrogens with one attached hydrogen (secondary N) is 1. The smallest absolute Gasteiger partial charge is 0.258 e. The van der Waals surface area contributed by atoms with Crippen LogP contribution in [-0.4, -0.2) is 45.6 Å². The molecule has 0 spiro atoms. The zero-order chi connectivity index (χ0) is 19.4. The molecule has 2 amide bonds. The molecule has 3 rings (SSSR count). The first kappa shape index (κ1) is 19.4. The van der Waals surface area contributed by atoms with Crippen molar-refractivity contribution in [3.05, 3.63) is 52.3 Å². The van der Waals surface area contributed by atoms with E-state index >= 15 is 0 Å². The van der Waals surface area contributed by atoms with Gasteiger partial charge < -0.3 is 10.2 Å². The van der Waals surface area contributed by atoms with Gasteiger partial charge in [-0.1, -0.05) is 41.9 Å². The lowest BCUT2D eigenvalue weighted by Gasteiger charge is -2.32. The first-order valence-electron chi connectivity index (χ1n) is 9.27. The molecule has 0 radical (unpaired) electrons. The highest BCUT2D eigenvalue weighted by Crippen LogP contribution is 2.22. The van der Waals surface area contributed by atoms with Gasteiger partial charge in [0.1, 0.15) is 5.15 Å². The van der Waals surface area contributed by atoms with E-state index in [1.165, 1.54) is 4.68 Å². The van der Waals surface area contributed by atoms with Crippen molar-refractivity contribution in [3.8, 4) is 0 Å². The summed E-state index contributed by atoms with van der Waals surface area (Å²) >= 11 is 6.21. The van der Waals surface area contributed by atoms with Crippen LogP contribution in [0.2, 0.25) is 5.15 Å². The largest absolute Gasteiger partial charge is 0.353 e. The molecule has 1 aromatic carbocycles. The first-order valence-corrected chi connectivity index (χ1v) is 9.65. The lowest BCUT2D eigenvalue weighted by molar-refractivity contribution is -0.122. The van der Waals surface area contributed by atoms with Crippen LogP contribution >= 0.6 is 11.6 Å². The molecule has 0 bridgehead atoms. The fourth-order valence-electron chi connectivity index (χ4n) is 3.46. The van der Waals surface area contributed by atoms with E-state index in [4.69, 9.17) is 11.6 Å². The van der Waals surface area contributed by atoms with Crippen molar-refractivity contribution in [2.75, 3.05) is 13.1 Å². The number of aryl methyl sites for hydroxylation is 3. The van der Waals surface area contributed by atoms with Gasteiger partial charge >= 0.3 is 0 Å². The average Bonchev–Trinajstić information content (AvgIpc) is 2.93. The Morgan fingerprint density at radius 3 is 2.48 bits per heavy atom. The minimum Gasteiger partial charge on any atom is -0.353 e. The SMILES string of the molecule is Cc1nn(C)c(Cl)c1C(=O)N1CCC(NC(=O)CCc2ccccc2)CC1. The molecule has 1 fully saturated rings. The Labute approximate surface area is 164 Å². The second-order valence-corrected chi connectivity index (χ2v) is 7.35. The maximum absolute atomic E-state index is 12.7.